The van der Waals surface area contributed by atoms with E-state index in [2.05, 4.69) is 120 Å². The van der Waals surface area contributed by atoms with Crippen LogP contribution in [0.1, 0.15) is 6.85 Å². The van der Waals surface area contributed by atoms with Crippen LogP contribution < -0.4 is 4.90 Å². The highest BCUT2D eigenvalue weighted by Crippen LogP contribution is 2.54. The van der Waals surface area contributed by atoms with Crippen LogP contribution in [0.15, 0.2) is 182 Å². The quantitative estimate of drug-likeness (QED) is 0.180. The molecule has 0 atom stereocenters. The average molecular weight is 736 g/mol. The van der Waals surface area contributed by atoms with Crippen molar-refractivity contribution in [2.45, 2.75) is 0 Å². The molecule has 0 aliphatic carbocycles. The minimum Gasteiger partial charge on any atom is -0.309 e. The fraction of sp³-hybridized carbons (Fsp3) is 0. The van der Waals surface area contributed by atoms with Crippen LogP contribution in [-0.4, -0.2) is 15.0 Å². The van der Waals surface area contributed by atoms with Gasteiger partial charge in [-0.15, -0.1) is 11.3 Å². The topological polar surface area (TPSA) is 41.9 Å². The van der Waals surface area contributed by atoms with Gasteiger partial charge in [0.1, 0.15) is 0 Å². The summed E-state index contributed by atoms with van der Waals surface area (Å²) in [5.41, 5.74) is 6.65. The fourth-order valence-electron chi connectivity index (χ4n) is 8.41. The van der Waals surface area contributed by atoms with Crippen molar-refractivity contribution in [3.8, 4) is 45.3 Å². The molecule has 0 spiro atoms. The number of fused-ring (bicyclic) bond motifs is 8. The first-order valence-corrected chi connectivity index (χ1v) is 19.3. The summed E-state index contributed by atoms with van der Waals surface area (Å²) in [4.78, 5) is 17.5. The Balaban J connectivity index is 1.15. The monoisotopic (exact) mass is 735 g/mol. The fourth-order valence-corrected chi connectivity index (χ4v) is 9.55. The van der Waals surface area contributed by atoms with Crippen LogP contribution in [0, 0.1) is 0 Å². The SMILES string of the molecule is [2H]c1c([2H])c([2H])c(-c2nc(-c3ccc4c(c3)sc3ccccc34)nc(-c3cc(N4c5c(ccc6ccccc56)-c5cccc6cccc4c56)cc4ccccc34)n2)c([2H])c1[2H]. The number of thiophene rings is 1. The summed E-state index contributed by atoms with van der Waals surface area (Å²) in [5, 5.41) is 8.67. The van der Waals surface area contributed by atoms with E-state index in [1.165, 1.54) is 15.6 Å². The predicted molar refractivity (Wildman–Crippen MR) is 235 cm³/mol. The van der Waals surface area contributed by atoms with Crippen LogP contribution in [-0.2, 0) is 0 Å². The molecule has 260 valence electrons. The molecular weight excluding hydrogens is 701 g/mol. The van der Waals surface area contributed by atoms with Crippen molar-refractivity contribution < 1.29 is 6.85 Å². The van der Waals surface area contributed by atoms with Crippen molar-refractivity contribution in [3.05, 3.63) is 182 Å². The maximum absolute atomic E-state index is 8.96. The molecule has 0 saturated carbocycles. The number of benzene rings is 9. The summed E-state index contributed by atoms with van der Waals surface area (Å²) in [7, 11) is 0. The zero-order valence-electron chi connectivity index (χ0n) is 34.6. The number of nitrogens with zero attached hydrogens (tertiary/aromatic N) is 4. The third-order valence-corrected chi connectivity index (χ3v) is 12.0. The van der Waals surface area contributed by atoms with Gasteiger partial charge in [-0.2, -0.15) is 0 Å². The highest BCUT2D eigenvalue weighted by molar-refractivity contribution is 7.25. The van der Waals surface area contributed by atoms with Gasteiger partial charge in [-0.3, -0.25) is 0 Å². The molecule has 56 heavy (non-hydrogen) atoms. The van der Waals surface area contributed by atoms with E-state index in [1.54, 1.807) is 11.3 Å². The number of rotatable bonds is 4. The Morgan fingerprint density at radius 1 is 0.446 bits per heavy atom. The lowest BCUT2D eigenvalue weighted by molar-refractivity contribution is 1.08. The second kappa shape index (κ2) is 12.2. The molecular formula is C51H30N4S. The largest absolute Gasteiger partial charge is 0.309 e. The second-order valence-electron chi connectivity index (χ2n) is 14.0. The minimum atomic E-state index is -0.479. The molecule has 1 aliphatic rings. The highest BCUT2D eigenvalue weighted by atomic mass is 32.1. The van der Waals surface area contributed by atoms with E-state index in [9.17, 15) is 0 Å². The summed E-state index contributed by atoms with van der Waals surface area (Å²) >= 11 is 1.68. The maximum Gasteiger partial charge on any atom is 0.164 e. The van der Waals surface area contributed by atoms with Crippen LogP contribution in [0.25, 0.3) is 97.8 Å². The van der Waals surface area contributed by atoms with Crippen molar-refractivity contribution in [2.24, 2.45) is 0 Å². The predicted octanol–water partition coefficient (Wildman–Crippen LogP) is 14.2. The van der Waals surface area contributed by atoms with Gasteiger partial charge in [-0.25, -0.2) is 15.0 Å². The summed E-state index contributed by atoms with van der Waals surface area (Å²) < 4.78 is 45.6. The molecule has 0 unspecified atom stereocenters. The van der Waals surface area contributed by atoms with E-state index in [0.29, 0.717) is 17.2 Å². The standard InChI is InChI=1S/C51H30N4S/c1-2-13-33(14-3-1)49-52-50(35-25-26-40-39-20-8-9-23-45(39)56-46(40)29-35)54-51(53-49)43-30-36(28-34-15-5-6-18-37(34)43)55-44-22-11-17-32-16-10-21-41(47(32)44)42-27-24-31-12-4-7-19-38(31)48(42)55/h1-30H/i1D,2D,3D,13D,14D. The Bertz CT molecular complexity index is 3660. The first kappa shape index (κ1) is 26.5. The third kappa shape index (κ3) is 4.75. The molecule has 0 bridgehead atoms. The van der Waals surface area contributed by atoms with E-state index in [1.807, 2.05) is 36.4 Å². The number of hydrogen-bond acceptors (Lipinski definition) is 5. The van der Waals surface area contributed by atoms with Gasteiger partial charge in [-0.1, -0.05) is 152 Å². The van der Waals surface area contributed by atoms with Crippen LogP contribution in [0.5, 0.6) is 0 Å². The lowest BCUT2D eigenvalue weighted by atomic mass is 9.88. The average Bonchev–Trinajstić information content (AvgIpc) is 3.68. The maximum atomic E-state index is 8.96. The molecule has 0 fully saturated rings. The van der Waals surface area contributed by atoms with Crippen molar-refractivity contribution in [2.75, 3.05) is 4.90 Å². The summed E-state index contributed by atoms with van der Waals surface area (Å²) in [6.45, 7) is 0. The van der Waals surface area contributed by atoms with Crippen LogP contribution in [0.4, 0.5) is 17.1 Å². The second-order valence-corrected chi connectivity index (χ2v) is 15.1. The third-order valence-electron chi connectivity index (χ3n) is 10.9. The molecule has 1 aliphatic heterocycles. The van der Waals surface area contributed by atoms with E-state index in [0.717, 1.165) is 70.6 Å². The van der Waals surface area contributed by atoms with Crippen molar-refractivity contribution in [1.82, 2.24) is 15.0 Å². The first-order chi connectivity index (χ1) is 29.8. The van der Waals surface area contributed by atoms with Gasteiger partial charge in [0.15, 0.2) is 17.5 Å². The lowest BCUT2D eigenvalue weighted by Gasteiger charge is -2.35. The van der Waals surface area contributed by atoms with Gasteiger partial charge >= 0.3 is 0 Å². The summed E-state index contributed by atoms with van der Waals surface area (Å²) in [6.07, 6.45) is 0. The Labute approximate surface area is 333 Å². The molecule has 12 rings (SSSR count). The minimum absolute atomic E-state index is 0.00377. The molecule has 0 N–H and O–H groups in total. The summed E-state index contributed by atoms with van der Waals surface area (Å²) in [6, 6.07) is 50.5. The van der Waals surface area contributed by atoms with Gasteiger partial charge in [0.05, 0.1) is 18.2 Å². The molecule has 2 aromatic heterocycles. The number of hydrogen-bond donors (Lipinski definition) is 0. The van der Waals surface area contributed by atoms with Gasteiger partial charge in [0.25, 0.3) is 0 Å². The molecule has 0 amide bonds. The van der Waals surface area contributed by atoms with Crippen LogP contribution >= 0.6 is 11.3 Å². The normalized spacial score (nSPS) is 13.5. The Morgan fingerprint density at radius 3 is 2.02 bits per heavy atom. The van der Waals surface area contributed by atoms with E-state index >= 15 is 0 Å². The smallest absolute Gasteiger partial charge is 0.164 e. The van der Waals surface area contributed by atoms with Crippen molar-refractivity contribution >= 4 is 80.9 Å². The molecule has 4 nitrogen and oxygen atoms in total. The molecule has 3 heterocycles. The molecule has 9 aromatic carbocycles. The van der Waals surface area contributed by atoms with Crippen molar-refractivity contribution in [3.63, 3.8) is 0 Å². The first-order valence-electron chi connectivity index (χ1n) is 20.9. The molecule has 0 radical (unpaired) electrons. The van der Waals surface area contributed by atoms with Gasteiger partial charge in [0.2, 0.25) is 0 Å². The van der Waals surface area contributed by atoms with E-state index in [4.69, 9.17) is 21.8 Å². The van der Waals surface area contributed by atoms with Crippen molar-refractivity contribution in [1.29, 1.82) is 0 Å². The van der Waals surface area contributed by atoms with Crippen LogP contribution in [0.2, 0.25) is 0 Å². The van der Waals surface area contributed by atoms with Gasteiger partial charge < -0.3 is 4.90 Å². The number of aromatic nitrogens is 3. The zero-order valence-corrected chi connectivity index (χ0v) is 30.4. The van der Waals surface area contributed by atoms with E-state index < -0.39 is 18.1 Å². The Hall–Kier alpha value is -7.21. The van der Waals surface area contributed by atoms with Gasteiger partial charge in [0, 0.05) is 58.9 Å². The Morgan fingerprint density at radius 2 is 1.14 bits per heavy atom. The molecule has 5 heteroatoms. The highest BCUT2D eigenvalue weighted by Gasteiger charge is 2.29. The van der Waals surface area contributed by atoms with E-state index in [-0.39, 0.29) is 23.5 Å². The van der Waals surface area contributed by atoms with Crippen LogP contribution in [0.3, 0.4) is 0 Å². The summed E-state index contributed by atoms with van der Waals surface area (Å²) in [5.74, 6) is 0.639. The molecule has 0 saturated heterocycles. The zero-order chi connectivity index (χ0) is 41.1. The number of anilines is 3. The lowest BCUT2D eigenvalue weighted by Crippen LogP contribution is -2.16. The molecule has 11 aromatic rings. The van der Waals surface area contributed by atoms with Gasteiger partial charge in [-0.05, 0) is 57.4 Å². The Kier molecular flexibility index (Phi) is 5.76.